The molecule has 0 saturated heterocycles. The molecule has 7 nitrogen and oxygen atoms in total. The molecule has 2 aliphatic rings. The second-order valence-corrected chi connectivity index (χ2v) is 10.9. The normalized spacial score (nSPS) is 15.9. The van der Waals surface area contributed by atoms with E-state index in [1.807, 2.05) is 11.4 Å². The fourth-order valence-electron chi connectivity index (χ4n) is 4.74. The first kappa shape index (κ1) is 26.0. The fraction of sp³-hybridized carbons (Fsp3) is 0.379. The van der Waals surface area contributed by atoms with Crippen LogP contribution in [0.15, 0.2) is 53.9 Å². The number of hydrogen-bond acceptors (Lipinski definition) is 6. The smallest absolute Gasteiger partial charge is 0.254 e. The van der Waals surface area contributed by atoms with Crippen molar-refractivity contribution in [3.05, 3.63) is 75.7 Å². The minimum atomic E-state index is -0.444. The molecule has 2 aromatic carbocycles. The van der Waals surface area contributed by atoms with Crippen molar-refractivity contribution < 1.29 is 28.2 Å². The van der Waals surface area contributed by atoms with E-state index in [9.17, 15) is 14.0 Å². The Morgan fingerprint density at radius 1 is 1.16 bits per heavy atom. The summed E-state index contributed by atoms with van der Waals surface area (Å²) in [6, 6.07) is 13.0. The second-order valence-electron chi connectivity index (χ2n) is 9.87. The van der Waals surface area contributed by atoms with Crippen LogP contribution in [0.2, 0.25) is 0 Å². The average Bonchev–Trinajstić information content (AvgIpc) is 3.59. The van der Waals surface area contributed by atoms with E-state index in [0.717, 1.165) is 18.4 Å². The van der Waals surface area contributed by atoms with Gasteiger partial charge in [0.15, 0.2) is 23.1 Å². The molecular formula is C29H31FN2O5S. The Morgan fingerprint density at radius 3 is 2.79 bits per heavy atom. The van der Waals surface area contributed by atoms with Crippen LogP contribution in [0.25, 0.3) is 0 Å². The number of para-hydroxylation sites is 1. The van der Waals surface area contributed by atoms with E-state index in [4.69, 9.17) is 14.2 Å². The van der Waals surface area contributed by atoms with Crippen LogP contribution in [-0.4, -0.2) is 54.6 Å². The molecule has 0 aliphatic carbocycles. The predicted molar refractivity (Wildman–Crippen MR) is 142 cm³/mol. The summed E-state index contributed by atoms with van der Waals surface area (Å²) in [4.78, 5) is 31.9. The Balaban J connectivity index is 1.35. The molecule has 3 aromatic rings. The van der Waals surface area contributed by atoms with Crippen molar-refractivity contribution in [1.29, 1.82) is 0 Å². The van der Waals surface area contributed by atoms with Crippen LogP contribution in [0.3, 0.4) is 0 Å². The Morgan fingerprint density at radius 2 is 1.97 bits per heavy atom. The lowest BCUT2D eigenvalue weighted by atomic mass is 10.00. The number of halogens is 1. The van der Waals surface area contributed by atoms with Crippen LogP contribution < -0.4 is 14.2 Å². The number of amides is 2. The number of fused-ring (bicyclic) bond motifs is 2. The van der Waals surface area contributed by atoms with Gasteiger partial charge in [-0.1, -0.05) is 26.0 Å². The topological polar surface area (TPSA) is 68.3 Å². The van der Waals surface area contributed by atoms with Crippen molar-refractivity contribution in [2.75, 3.05) is 33.0 Å². The molecule has 1 aromatic heterocycles. The van der Waals surface area contributed by atoms with Crippen molar-refractivity contribution in [3.8, 4) is 17.2 Å². The average molecular weight is 539 g/mol. The van der Waals surface area contributed by atoms with Crippen molar-refractivity contribution in [2.24, 2.45) is 5.92 Å². The summed E-state index contributed by atoms with van der Waals surface area (Å²) < 4.78 is 30.9. The summed E-state index contributed by atoms with van der Waals surface area (Å²) in [5.74, 6) is 0.801. The Labute approximate surface area is 225 Å². The Bertz CT molecular complexity index is 1310. The summed E-state index contributed by atoms with van der Waals surface area (Å²) in [7, 11) is 0. The third-order valence-electron chi connectivity index (χ3n) is 6.86. The van der Waals surface area contributed by atoms with Crippen molar-refractivity contribution in [3.63, 3.8) is 0 Å². The van der Waals surface area contributed by atoms with Gasteiger partial charge in [-0.25, -0.2) is 4.39 Å². The van der Waals surface area contributed by atoms with E-state index in [1.165, 1.54) is 10.9 Å². The summed E-state index contributed by atoms with van der Waals surface area (Å²) in [6.45, 7) is 5.32. The molecule has 1 atom stereocenters. The SMILES string of the molecule is CC(C)CCN(CC(=O)N1CCc2sccc2C1COc1ccccc1F)C(=O)c1ccc2c(c1)OCO2. The molecule has 0 N–H and O–H groups in total. The maximum Gasteiger partial charge on any atom is 0.254 e. The van der Waals surface area contributed by atoms with E-state index in [-0.39, 0.29) is 43.6 Å². The number of carbonyl (C=O) groups is 2. The van der Waals surface area contributed by atoms with Crippen LogP contribution >= 0.6 is 11.3 Å². The van der Waals surface area contributed by atoms with E-state index < -0.39 is 5.82 Å². The van der Waals surface area contributed by atoms with Crippen LogP contribution in [0.4, 0.5) is 4.39 Å². The highest BCUT2D eigenvalue weighted by Gasteiger charge is 2.34. The lowest BCUT2D eigenvalue weighted by Crippen LogP contribution is -2.48. The maximum absolute atomic E-state index is 14.2. The van der Waals surface area contributed by atoms with Gasteiger partial charge in [0.25, 0.3) is 5.91 Å². The van der Waals surface area contributed by atoms with Gasteiger partial charge in [-0.15, -0.1) is 11.3 Å². The van der Waals surface area contributed by atoms with Gasteiger partial charge in [-0.05, 0) is 66.1 Å². The second kappa shape index (κ2) is 11.4. The molecule has 1 unspecified atom stereocenters. The Kier molecular flexibility index (Phi) is 7.83. The first-order valence-electron chi connectivity index (χ1n) is 12.8. The summed E-state index contributed by atoms with van der Waals surface area (Å²) in [5.41, 5.74) is 1.46. The maximum atomic E-state index is 14.2. The number of thiophene rings is 1. The molecular weight excluding hydrogens is 507 g/mol. The van der Waals surface area contributed by atoms with Gasteiger partial charge in [-0.3, -0.25) is 9.59 Å². The standard InChI is InChI=1S/C29H31FN2O5S/c1-19(2)9-12-31(29(34)20-7-8-25-26(15-20)37-18-36-25)16-28(33)32-13-10-27-21(11-14-38-27)23(32)17-35-24-6-4-3-5-22(24)30/h3-8,11,14-15,19,23H,9-10,12-13,16-18H2,1-2H3. The number of nitrogens with zero attached hydrogens (tertiary/aromatic N) is 2. The molecule has 9 heteroatoms. The Hall–Kier alpha value is -3.59. The minimum absolute atomic E-state index is 0.0599. The molecule has 2 amide bonds. The lowest BCUT2D eigenvalue weighted by molar-refractivity contribution is -0.135. The van der Waals surface area contributed by atoms with Gasteiger partial charge >= 0.3 is 0 Å². The highest BCUT2D eigenvalue weighted by Crippen LogP contribution is 2.35. The van der Waals surface area contributed by atoms with E-state index in [2.05, 4.69) is 13.8 Å². The largest absolute Gasteiger partial charge is 0.488 e. The third kappa shape index (κ3) is 5.62. The number of benzene rings is 2. The number of ether oxygens (including phenoxy) is 3. The third-order valence-corrected chi connectivity index (χ3v) is 7.85. The van der Waals surface area contributed by atoms with Crippen LogP contribution in [-0.2, 0) is 11.2 Å². The molecule has 0 bridgehead atoms. The molecule has 200 valence electrons. The lowest BCUT2D eigenvalue weighted by Gasteiger charge is -2.37. The van der Waals surface area contributed by atoms with Crippen molar-refractivity contribution in [1.82, 2.24) is 9.80 Å². The first-order valence-corrected chi connectivity index (χ1v) is 13.7. The molecule has 0 spiro atoms. The van der Waals surface area contributed by atoms with E-state index in [0.29, 0.717) is 36.1 Å². The zero-order valence-corrected chi connectivity index (χ0v) is 22.3. The minimum Gasteiger partial charge on any atom is -0.488 e. The molecule has 0 fully saturated rings. The van der Waals surface area contributed by atoms with Crippen LogP contribution in [0.1, 0.15) is 47.1 Å². The fourth-order valence-corrected chi connectivity index (χ4v) is 5.67. The van der Waals surface area contributed by atoms with Gasteiger partial charge in [0.2, 0.25) is 12.7 Å². The van der Waals surface area contributed by atoms with E-state index in [1.54, 1.807) is 57.5 Å². The summed E-state index contributed by atoms with van der Waals surface area (Å²) in [6.07, 6.45) is 1.50. The molecule has 5 rings (SSSR count). The van der Waals surface area contributed by atoms with Gasteiger partial charge in [0.1, 0.15) is 13.2 Å². The summed E-state index contributed by atoms with van der Waals surface area (Å²) >= 11 is 1.65. The zero-order chi connectivity index (χ0) is 26.6. The molecule has 0 saturated carbocycles. The predicted octanol–water partition coefficient (Wildman–Crippen LogP) is 5.31. The van der Waals surface area contributed by atoms with Crippen LogP contribution in [0.5, 0.6) is 17.2 Å². The van der Waals surface area contributed by atoms with E-state index >= 15 is 0 Å². The number of hydrogen-bond donors (Lipinski definition) is 0. The number of carbonyl (C=O) groups excluding carboxylic acids is 2. The quantitative estimate of drug-likeness (QED) is 0.370. The first-order chi connectivity index (χ1) is 18.4. The van der Waals surface area contributed by atoms with Gasteiger partial charge in [-0.2, -0.15) is 0 Å². The highest BCUT2D eigenvalue weighted by atomic mass is 32.1. The highest BCUT2D eigenvalue weighted by molar-refractivity contribution is 7.10. The summed E-state index contributed by atoms with van der Waals surface area (Å²) in [5, 5.41) is 2.01. The zero-order valence-electron chi connectivity index (χ0n) is 21.5. The van der Waals surface area contributed by atoms with Crippen molar-refractivity contribution >= 4 is 23.2 Å². The van der Waals surface area contributed by atoms with Gasteiger partial charge < -0.3 is 24.0 Å². The number of rotatable bonds is 9. The van der Waals surface area contributed by atoms with Gasteiger partial charge in [0.05, 0.1) is 6.04 Å². The van der Waals surface area contributed by atoms with Crippen molar-refractivity contribution in [2.45, 2.75) is 32.7 Å². The van der Waals surface area contributed by atoms with Crippen LogP contribution in [0, 0.1) is 11.7 Å². The molecule has 3 heterocycles. The van der Waals surface area contributed by atoms with Gasteiger partial charge in [0, 0.05) is 23.5 Å². The molecule has 0 radical (unpaired) electrons. The molecule has 2 aliphatic heterocycles. The monoisotopic (exact) mass is 538 g/mol. The molecule has 38 heavy (non-hydrogen) atoms.